The van der Waals surface area contributed by atoms with Crippen LogP contribution in [0.2, 0.25) is 5.02 Å². The van der Waals surface area contributed by atoms with E-state index in [1.54, 1.807) is 30.3 Å². The van der Waals surface area contributed by atoms with Gasteiger partial charge in [0.05, 0.1) is 16.3 Å². The monoisotopic (exact) mass is 447 g/mol. The topological polar surface area (TPSA) is 61.4 Å². The molecule has 0 bridgehead atoms. The highest BCUT2D eigenvalue weighted by molar-refractivity contribution is 7.82. The van der Waals surface area contributed by atoms with E-state index in [2.05, 4.69) is 23.4 Å². The Morgan fingerprint density at radius 2 is 1.67 bits per heavy atom. The fourth-order valence-electron chi connectivity index (χ4n) is 2.55. The fraction of sp³-hybridized carbons (Fsp3) is 0.0476. The summed E-state index contributed by atoms with van der Waals surface area (Å²) in [6.07, 6.45) is 0. The molecule has 0 aliphatic carbocycles. The van der Waals surface area contributed by atoms with Crippen molar-refractivity contribution >= 4 is 47.7 Å². The quantitative estimate of drug-likeness (QED) is 0.456. The van der Waals surface area contributed by atoms with Crippen molar-refractivity contribution < 1.29 is 18.4 Å². The Kier molecular flexibility index (Phi) is 6.91. The lowest BCUT2D eigenvalue weighted by atomic mass is 10.2. The Morgan fingerprint density at radius 3 is 2.33 bits per heavy atom. The number of nitrogens with zero attached hydrogens (tertiary/aromatic N) is 1. The molecular weight excluding hydrogens is 432 g/mol. The number of hydrogen-bond donors (Lipinski definition) is 3. The number of benzene rings is 3. The van der Waals surface area contributed by atoms with Crippen LogP contribution in [0.15, 0.2) is 66.7 Å². The summed E-state index contributed by atoms with van der Waals surface area (Å²) >= 11 is 9.89. The van der Waals surface area contributed by atoms with Crippen molar-refractivity contribution in [3.63, 3.8) is 0 Å². The van der Waals surface area contributed by atoms with Crippen LogP contribution in [-0.4, -0.2) is 11.9 Å². The molecule has 2 N–H and O–H groups in total. The number of carbonyl (C=O) groups excluding carboxylic acids is 2. The molecule has 0 aliphatic rings. The van der Waals surface area contributed by atoms with Crippen molar-refractivity contribution in [2.75, 3.05) is 9.62 Å². The van der Waals surface area contributed by atoms with E-state index in [9.17, 15) is 18.4 Å². The van der Waals surface area contributed by atoms with Crippen LogP contribution in [0.25, 0.3) is 0 Å². The molecule has 3 aromatic carbocycles. The van der Waals surface area contributed by atoms with E-state index < -0.39 is 23.6 Å². The van der Waals surface area contributed by atoms with Gasteiger partial charge in [0.2, 0.25) is 0 Å². The zero-order chi connectivity index (χ0) is 21.7. The molecule has 0 saturated carbocycles. The molecule has 30 heavy (non-hydrogen) atoms. The summed E-state index contributed by atoms with van der Waals surface area (Å²) in [5, 5.41) is 5.19. The lowest BCUT2D eigenvalue weighted by Crippen LogP contribution is -2.33. The predicted octanol–water partition coefficient (Wildman–Crippen LogP) is 5.43. The van der Waals surface area contributed by atoms with Crippen molar-refractivity contribution in [3.8, 4) is 0 Å². The second kappa shape index (κ2) is 9.60. The number of halogens is 3. The van der Waals surface area contributed by atoms with Gasteiger partial charge >= 0.3 is 6.03 Å². The summed E-state index contributed by atoms with van der Waals surface area (Å²) in [5.74, 6) is -1.74. The van der Waals surface area contributed by atoms with Gasteiger partial charge in [-0.15, -0.1) is 0 Å². The van der Waals surface area contributed by atoms with Gasteiger partial charge in [-0.05, 0) is 54.1 Å². The van der Waals surface area contributed by atoms with Crippen molar-refractivity contribution in [2.45, 2.75) is 6.54 Å². The summed E-state index contributed by atoms with van der Waals surface area (Å²) in [5.41, 5.74) is 1.42. The van der Waals surface area contributed by atoms with E-state index in [1.807, 2.05) is 0 Å². The zero-order valence-corrected chi connectivity index (χ0v) is 17.1. The smallest absolute Gasteiger partial charge is 0.332 e. The van der Waals surface area contributed by atoms with Gasteiger partial charge in [-0.3, -0.25) is 4.79 Å². The average molecular weight is 448 g/mol. The van der Waals surface area contributed by atoms with E-state index >= 15 is 0 Å². The highest BCUT2D eigenvalue weighted by Crippen LogP contribution is 2.21. The minimum Gasteiger partial charge on any atom is -0.333 e. The van der Waals surface area contributed by atoms with Crippen LogP contribution in [0, 0.1) is 11.6 Å². The number of urea groups is 1. The SMILES string of the molecule is O=C(Nc1ccc(N(S)C(=O)NCc2ccc(F)c(Cl)c2)cc1)c1ccccc1F. The number of carbonyl (C=O) groups is 2. The van der Waals surface area contributed by atoms with Gasteiger partial charge in [-0.1, -0.05) is 42.6 Å². The summed E-state index contributed by atoms with van der Waals surface area (Å²) in [6, 6.07) is 15.5. The second-order valence-corrected chi connectivity index (χ2v) is 7.01. The molecule has 3 aromatic rings. The zero-order valence-electron chi connectivity index (χ0n) is 15.4. The number of thiol groups is 1. The van der Waals surface area contributed by atoms with E-state index in [1.165, 1.54) is 36.4 Å². The summed E-state index contributed by atoms with van der Waals surface area (Å²) in [4.78, 5) is 24.4. The standard InChI is InChI=1S/C21H16ClF2N3O2S/c22-17-11-13(5-10-19(17)24)12-25-21(29)27(30)15-8-6-14(7-9-15)26-20(28)16-3-1-2-4-18(16)23/h1-11,30H,12H2,(H,25,29)(H,26,28). The third-order valence-electron chi connectivity index (χ3n) is 4.11. The molecule has 0 unspecified atom stereocenters. The first-order chi connectivity index (χ1) is 14.3. The minimum absolute atomic E-state index is 0.0301. The van der Waals surface area contributed by atoms with Crippen LogP contribution < -0.4 is 14.9 Å². The summed E-state index contributed by atoms with van der Waals surface area (Å²) in [6.45, 7) is 0.132. The highest BCUT2D eigenvalue weighted by Gasteiger charge is 2.14. The molecule has 0 heterocycles. The van der Waals surface area contributed by atoms with Crippen LogP contribution in [0.5, 0.6) is 0 Å². The molecule has 9 heteroatoms. The lowest BCUT2D eigenvalue weighted by Gasteiger charge is -2.17. The summed E-state index contributed by atoms with van der Waals surface area (Å²) < 4.78 is 28.0. The Labute approximate surface area is 182 Å². The van der Waals surface area contributed by atoms with Crippen LogP contribution in [0.4, 0.5) is 25.0 Å². The third-order valence-corrected chi connectivity index (χ3v) is 4.81. The van der Waals surface area contributed by atoms with Crippen molar-refractivity contribution in [1.82, 2.24) is 5.32 Å². The first-order valence-electron chi connectivity index (χ1n) is 8.72. The average Bonchev–Trinajstić information content (AvgIpc) is 2.74. The molecular formula is C21H16ClF2N3O2S. The molecule has 0 fully saturated rings. The third kappa shape index (κ3) is 5.28. The van der Waals surface area contributed by atoms with Crippen molar-refractivity contribution in [3.05, 3.63) is 94.5 Å². The van der Waals surface area contributed by atoms with Crippen LogP contribution in [0.1, 0.15) is 15.9 Å². The molecule has 0 saturated heterocycles. The van der Waals surface area contributed by atoms with Gasteiger partial charge in [0.1, 0.15) is 11.6 Å². The fourth-order valence-corrected chi connectivity index (χ4v) is 2.96. The Balaban J connectivity index is 1.59. The van der Waals surface area contributed by atoms with Crippen LogP contribution in [0.3, 0.4) is 0 Å². The Morgan fingerprint density at radius 1 is 0.967 bits per heavy atom. The van der Waals surface area contributed by atoms with Crippen molar-refractivity contribution in [1.29, 1.82) is 0 Å². The number of hydrogen-bond acceptors (Lipinski definition) is 3. The molecule has 154 valence electrons. The molecule has 0 atom stereocenters. The number of rotatable bonds is 5. The normalized spacial score (nSPS) is 10.4. The molecule has 5 nitrogen and oxygen atoms in total. The van der Waals surface area contributed by atoms with Gasteiger partial charge in [0.25, 0.3) is 5.91 Å². The predicted molar refractivity (Wildman–Crippen MR) is 116 cm³/mol. The van der Waals surface area contributed by atoms with Gasteiger partial charge in [0.15, 0.2) is 0 Å². The minimum atomic E-state index is -0.618. The first-order valence-corrected chi connectivity index (χ1v) is 9.49. The van der Waals surface area contributed by atoms with Gasteiger partial charge in [0, 0.05) is 12.2 Å². The Bertz CT molecular complexity index is 1080. The maximum Gasteiger partial charge on any atom is 0.332 e. The summed E-state index contributed by atoms with van der Waals surface area (Å²) in [7, 11) is 0. The number of nitrogens with one attached hydrogen (secondary N) is 2. The largest absolute Gasteiger partial charge is 0.333 e. The van der Waals surface area contributed by atoms with Crippen LogP contribution >= 0.6 is 24.4 Å². The molecule has 0 radical (unpaired) electrons. The van der Waals surface area contributed by atoms with Crippen LogP contribution in [-0.2, 0) is 6.54 Å². The van der Waals surface area contributed by atoms with E-state index in [0.29, 0.717) is 16.9 Å². The second-order valence-electron chi connectivity index (χ2n) is 6.20. The van der Waals surface area contributed by atoms with E-state index in [0.717, 1.165) is 4.31 Å². The highest BCUT2D eigenvalue weighted by atomic mass is 35.5. The first kappa shape index (κ1) is 21.6. The van der Waals surface area contributed by atoms with Gasteiger partial charge < -0.3 is 10.6 Å². The van der Waals surface area contributed by atoms with Gasteiger partial charge in [-0.25, -0.2) is 17.9 Å². The molecule has 3 amide bonds. The van der Waals surface area contributed by atoms with E-state index in [4.69, 9.17) is 11.6 Å². The maximum atomic E-state index is 13.7. The molecule has 0 aromatic heterocycles. The van der Waals surface area contributed by atoms with E-state index in [-0.39, 0.29) is 17.1 Å². The lowest BCUT2D eigenvalue weighted by molar-refractivity contribution is 0.102. The molecule has 0 spiro atoms. The molecule has 3 rings (SSSR count). The Hall–Kier alpha value is -3.10. The van der Waals surface area contributed by atoms with Crippen molar-refractivity contribution in [2.24, 2.45) is 0 Å². The number of anilines is 2. The number of amides is 3. The van der Waals surface area contributed by atoms with Gasteiger partial charge in [-0.2, -0.15) is 0 Å². The molecule has 0 aliphatic heterocycles. The maximum absolute atomic E-state index is 13.7.